The van der Waals surface area contributed by atoms with E-state index in [1.165, 1.54) is 0 Å². The van der Waals surface area contributed by atoms with Crippen molar-refractivity contribution < 1.29 is 4.79 Å². The predicted octanol–water partition coefficient (Wildman–Crippen LogP) is 0.533. The zero-order valence-electron chi connectivity index (χ0n) is 11.5. The van der Waals surface area contributed by atoms with Crippen molar-refractivity contribution in [3.05, 3.63) is 24.0 Å². The molecule has 6 nitrogen and oxygen atoms in total. The van der Waals surface area contributed by atoms with Crippen molar-refractivity contribution in [2.45, 2.75) is 19.4 Å². The van der Waals surface area contributed by atoms with Gasteiger partial charge in [-0.25, -0.2) is 0 Å². The molecule has 0 radical (unpaired) electrons. The third-order valence-corrected chi connectivity index (χ3v) is 3.51. The maximum atomic E-state index is 12.6. The van der Waals surface area contributed by atoms with E-state index in [1.807, 2.05) is 4.90 Å². The Balaban J connectivity index is 2.22. The summed E-state index contributed by atoms with van der Waals surface area (Å²) >= 11 is 0. The Bertz CT molecular complexity index is 450. The summed E-state index contributed by atoms with van der Waals surface area (Å²) in [6.45, 7) is 4.75. The largest absolute Gasteiger partial charge is 0.334 e. The Hall–Kier alpha value is -1.66. The van der Waals surface area contributed by atoms with E-state index >= 15 is 0 Å². The number of anilines is 1. The Labute approximate surface area is 113 Å². The molecule has 1 fully saturated rings. The summed E-state index contributed by atoms with van der Waals surface area (Å²) in [4.78, 5) is 20.8. The smallest absolute Gasteiger partial charge is 0.257 e. The number of aromatic nitrogens is 1. The first-order valence-corrected chi connectivity index (χ1v) is 6.53. The summed E-state index contributed by atoms with van der Waals surface area (Å²) in [5.41, 5.74) is 3.70. The lowest BCUT2D eigenvalue weighted by molar-refractivity contribution is 0.0697. The summed E-state index contributed by atoms with van der Waals surface area (Å²) < 4.78 is 0. The molecule has 1 aromatic rings. The fraction of sp³-hybridized carbons (Fsp3) is 0.538. The fourth-order valence-corrected chi connectivity index (χ4v) is 2.52. The van der Waals surface area contributed by atoms with Crippen LogP contribution < -0.4 is 11.3 Å². The molecule has 0 spiro atoms. The lowest BCUT2D eigenvalue weighted by atomic mass is 10.1. The normalized spacial score (nSPS) is 21.0. The lowest BCUT2D eigenvalue weighted by Crippen LogP contribution is -2.42. The van der Waals surface area contributed by atoms with E-state index in [4.69, 9.17) is 5.84 Å². The van der Waals surface area contributed by atoms with Crippen LogP contribution in [0.5, 0.6) is 0 Å². The molecule has 1 unspecified atom stereocenters. The average Bonchev–Trinajstić information content (AvgIpc) is 2.58. The number of hydrogen-bond donors (Lipinski definition) is 2. The van der Waals surface area contributed by atoms with Crippen molar-refractivity contribution in [1.29, 1.82) is 0 Å². The first-order valence-electron chi connectivity index (χ1n) is 6.53. The third-order valence-electron chi connectivity index (χ3n) is 3.51. The minimum Gasteiger partial charge on any atom is -0.334 e. The highest BCUT2D eigenvalue weighted by Crippen LogP contribution is 2.18. The van der Waals surface area contributed by atoms with Gasteiger partial charge < -0.3 is 15.2 Å². The molecule has 2 rings (SSSR count). The van der Waals surface area contributed by atoms with Crippen LogP contribution in [0, 0.1) is 0 Å². The van der Waals surface area contributed by atoms with Crippen LogP contribution in [0.15, 0.2) is 18.5 Å². The first kappa shape index (κ1) is 13.8. The fourth-order valence-electron chi connectivity index (χ4n) is 2.52. The van der Waals surface area contributed by atoms with E-state index in [-0.39, 0.29) is 11.9 Å². The standard InChI is InChI=1S/C13H21N5O/c1-10-9-17(2)6-3-7-18(10)13(19)11-8-15-5-4-12(11)16-14/h4-5,8,10H,3,6-7,9,14H2,1-2H3,(H,15,16). The number of hydrogen-bond acceptors (Lipinski definition) is 5. The average molecular weight is 263 g/mol. The van der Waals surface area contributed by atoms with Gasteiger partial charge in [0.25, 0.3) is 5.91 Å². The number of nitrogens with two attached hydrogens (primary N) is 1. The minimum atomic E-state index is -0.0103. The van der Waals surface area contributed by atoms with Gasteiger partial charge in [-0.1, -0.05) is 0 Å². The van der Waals surface area contributed by atoms with Gasteiger partial charge in [-0.2, -0.15) is 0 Å². The number of likely N-dealkylation sites (N-methyl/N-ethyl adjacent to an activating group) is 1. The molecule has 0 aliphatic carbocycles. The number of hydrazine groups is 1. The number of rotatable bonds is 2. The van der Waals surface area contributed by atoms with Crippen LogP contribution in [0.25, 0.3) is 0 Å². The lowest BCUT2D eigenvalue weighted by Gasteiger charge is -2.28. The second kappa shape index (κ2) is 5.99. The van der Waals surface area contributed by atoms with Crippen LogP contribution in [-0.4, -0.2) is 53.4 Å². The highest BCUT2D eigenvalue weighted by atomic mass is 16.2. The molecular formula is C13H21N5O. The highest BCUT2D eigenvalue weighted by Gasteiger charge is 2.26. The summed E-state index contributed by atoms with van der Waals surface area (Å²) in [6, 6.07) is 1.90. The van der Waals surface area contributed by atoms with Crippen LogP contribution in [-0.2, 0) is 0 Å². The van der Waals surface area contributed by atoms with Crippen molar-refractivity contribution in [2.75, 3.05) is 32.1 Å². The van der Waals surface area contributed by atoms with Gasteiger partial charge in [-0.3, -0.25) is 15.6 Å². The predicted molar refractivity (Wildman–Crippen MR) is 74.7 cm³/mol. The van der Waals surface area contributed by atoms with Crippen molar-refractivity contribution in [3.8, 4) is 0 Å². The summed E-state index contributed by atoms with van der Waals surface area (Å²) in [6.07, 6.45) is 4.17. The molecule has 0 saturated carbocycles. The van der Waals surface area contributed by atoms with Crippen molar-refractivity contribution >= 4 is 11.6 Å². The molecule has 3 N–H and O–H groups in total. The van der Waals surface area contributed by atoms with E-state index in [2.05, 4.69) is 29.3 Å². The second-order valence-electron chi connectivity index (χ2n) is 5.03. The zero-order valence-corrected chi connectivity index (χ0v) is 11.5. The maximum Gasteiger partial charge on any atom is 0.257 e. The van der Waals surface area contributed by atoms with Gasteiger partial charge in [0, 0.05) is 31.5 Å². The van der Waals surface area contributed by atoms with Gasteiger partial charge in [0.05, 0.1) is 11.3 Å². The van der Waals surface area contributed by atoms with Crippen LogP contribution in [0.2, 0.25) is 0 Å². The third kappa shape index (κ3) is 3.02. The van der Waals surface area contributed by atoms with Gasteiger partial charge in [0.15, 0.2) is 0 Å². The molecule has 1 amide bonds. The molecule has 2 heterocycles. The number of nitrogen functional groups attached to an aromatic ring is 1. The quantitative estimate of drug-likeness (QED) is 0.601. The number of pyridine rings is 1. The van der Waals surface area contributed by atoms with Gasteiger partial charge in [0.1, 0.15) is 0 Å². The van der Waals surface area contributed by atoms with Crippen molar-refractivity contribution in [2.24, 2.45) is 5.84 Å². The molecule has 1 aliphatic heterocycles. The monoisotopic (exact) mass is 263 g/mol. The molecule has 104 valence electrons. The van der Waals surface area contributed by atoms with Gasteiger partial charge >= 0.3 is 0 Å². The van der Waals surface area contributed by atoms with Gasteiger partial charge in [-0.15, -0.1) is 0 Å². The highest BCUT2D eigenvalue weighted by molar-refractivity contribution is 5.99. The number of carbonyl (C=O) groups excluding carboxylic acids is 1. The Kier molecular flexibility index (Phi) is 4.34. The Morgan fingerprint density at radius 3 is 3.05 bits per heavy atom. The SMILES string of the molecule is CC1CN(C)CCCN1C(=O)c1cnccc1NN. The number of nitrogens with zero attached hydrogens (tertiary/aromatic N) is 3. The van der Waals surface area contributed by atoms with Crippen LogP contribution in [0.4, 0.5) is 5.69 Å². The van der Waals surface area contributed by atoms with Crippen molar-refractivity contribution in [1.82, 2.24) is 14.8 Å². The molecular weight excluding hydrogens is 242 g/mol. The maximum absolute atomic E-state index is 12.6. The molecule has 1 aromatic heterocycles. The molecule has 0 bridgehead atoms. The topological polar surface area (TPSA) is 74.5 Å². The molecule has 1 atom stereocenters. The van der Waals surface area contributed by atoms with Gasteiger partial charge in [-0.05, 0) is 33.0 Å². The van der Waals surface area contributed by atoms with Crippen LogP contribution in [0.1, 0.15) is 23.7 Å². The number of nitrogens with one attached hydrogen (secondary N) is 1. The second-order valence-corrected chi connectivity index (χ2v) is 5.03. The van der Waals surface area contributed by atoms with E-state index in [0.29, 0.717) is 11.3 Å². The first-order chi connectivity index (χ1) is 9.13. The van der Waals surface area contributed by atoms with Gasteiger partial charge in [0.2, 0.25) is 0 Å². The zero-order chi connectivity index (χ0) is 13.8. The molecule has 0 aromatic carbocycles. The van der Waals surface area contributed by atoms with E-state index in [1.54, 1.807) is 18.5 Å². The number of carbonyl (C=O) groups is 1. The summed E-state index contributed by atoms with van der Waals surface area (Å²) in [5.74, 6) is 5.44. The van der Waals surface area contributed by atoms with E-state index in [0.717, 1.165) is 26.1 Å². The van der Waals surface area contributed by atoms with Crippen LogP contribution in [0.3, 0.4) is 0 Å². The Morgan fingerprint density at radius 2 is 2.32 bits per heavy atom. The van der Waals surface area contributed by atoms with E-state index in [9.17, 15) is 4.79 Å². The van der Waals surface area contributed by atoms with E-state index < -0.39 is 0 Å². The molecule has 19 heavy (non-hydrogen) atoms. The molecule has 1 aliphatic rings. The number of amides is 1. The summed E-state index contributed by atoms with van der Waals surface area (Å²) in [5, 5.41) is 0. The van der Waals surface area contributed by atoms with Crippen LogP contribution >= 0.6 is 0 Å². The minimum absolute atomic E-state index is 0.0103. The molecule has 6 heteroatoms. The summed E-state index contributed by atoms with van der Waals surface area (Å²) in [7, 11) is 2.08. The molecule has 1 saturated heterocycles. The van der Waals surface area contributed by atoms with Crippen molar-refractivity contribution in [3.63, 3.8) is 0 Å². The Morgan fingerprint density at radius 1 is 1.53 bits per heavy atom.